The van der Waals surface area contributed by atoms with E-state index in [2.05, 4.69) is 20.1 Å². The summed E-state index contributed by atoms with van der Waals surface area (Å²) < 4.78 is 7.33. The van der Waals surface area contributed by atoms with Gasteiger partial charge in [-0.15, -0.1) is 0 Å². The van der Waals surface area contributed by atoms with Crippen molar-refractivity contribution in [1.29, 1.82) is 0 Å². The molecule has 0 spiro atoms. The highest BCUT2D eigenvalue weighted by Gasteiger charge is 2.10. The molecule has 2 heterocycles. The molecule has 4 rings (SSSR count). The van der Waals surface area contributed by atoms with Crippen LogP contribution in [0.2, 0.25) is 0 Å². The number of aromatic amines is 1. The van der Waals surface area contributed by atoms with Crippen molar-refractivity contribution in [3.63, 3.8) is 0 Å². The second-order valence-electron chi connectivity index (χ2n) is 6.51. The molecule has 0 atom stereocenters. The first kappa shape index (κ1) is 17.8. The number of rotatable bonds is 6. The van der Waals surface area contributed by atoms with E-state index in [9.17, 15) is 9.59 Å². The minimum atomic E-state index is -0.254. The maximum Gasteiger partial charge on any atom is 0.272 e. The summed E-state index contributed by atoms with van der Waals surface area (Å²) in [5, 5.41) is 11.8. The van der Waals surface area contributed by atoms with Gasteiger partial charge in [0.1, 0.15) is 5.75 Å². The van der Waals surface area contributed by atoms with Gasteiger partial charge in [0.2, 0.25) is 5.91 Å². The highest BCUT2D eigenvalue weighted by Crippen LogP contribution is 2.21. The molecule has 7 nitrogen and oxygen atoms in total. The number of H-pyrrole nitrogens is 1. The van der Waals surface area contributed by atoms with Crippen LogP contribution in [0.5, 0.6) is 5.75 Å². The predicted octanol–water partition coefficient (Wildman–Crippen LogP) is 2.25. The molecule has 4 aromatic rings. The van der Waals surface area contributed by atoms with Crippen molar-refractivity contribution in [1.82, 2.24) is 20.1 Å². The molecule has 0 saturated heterocycles. The van der Waals surface area contributed by atoms with Crippen LogP contribution < -0.4 is 15.6 Å². The van der Waals surface area contributed by atoms with Gasteiger partial charge in [-0.3, -0.25) is 9.59 Å². The fraction of sp³-hybridized carbons (Fsp3) is 0.190. The number of amides is 1. The second-order valence-corrected chi connectivity index (χ2v) is 6.51. The fourth-order valence-electron chi connectivity index (χ4n) is 3.34. The van der Waals surface area contributed by atoms with E-state index in [-0.39, 0.29) is 17.9 Å². The lowest BCUT2D eigenvalue weighted by Gasteiger charge is -2.09. The average molecular weight is 376 g/mol. The van der Waals surface area contributed by atoms with E-state index in [0.717, 1.165) is 16.7 Å². The minimum absolute atomic E-state index is 0.112. The maximum absolute atomic E-state index is 12.3. The molecule has 2 N–H and O–H groups in total. The minimum Gasteiger partial charge on any atom is -0.497 e. The van der Waals surface area contributed by atoms with Crippen LogP contribution in [0.3, 0.4) is 0 Å². The second kappa shape index (κ2) is 7.56. The molecule has 0 unspecified atom stereocenters. The SMILES string of the molecule is COc1ccc2c(ccn2CCNC(=O)Cc2n[nH]c(=O)c3ccccc23)c1. The molecule has 142 valence electrons. The zero-order chi connectivity index (χ0) is 19.5. The number of hydrogen-bond acceptors (Lipinski definition) is 4. The van der Waals surface area contributed by atoms with E-state index in [1.165, 1.54) is 0 Å². The van der Waals surface area contributed by atoms with E-state index >= 15 is 0 Å². The number of hydrogen-bond donors (Lipinski definition) is 2. The Labute approximate surface area is 160 Å². The number of fused-ring (bicyclic) bond motifs is 2. The van der Waals surface area contributed by atoms with Gasteiger partial charge in [-0.1, -0.05) is 18.2 Å². The summed E-state index contributed by atoms with van der Waals surface area (Å²) in [4.78, 5) is 24.2. The number of nitrogens with zero attached hydrogens (tertiary/aromatic N) is 2. The van der Waals surface area contributed by atoms with E-state index in [1.54, 1.807) is 25.3 Å². The Morgan fingerprint density at radius 3 is 2.82 bits per heavy atom. The van der Waals surface area contributed by atoms with E-state index in [4.69, 9.17) is 4.74 Å². The molecule has 0 saturated carbocycles. The summed E-state index contributed by atoms with van der Waals surface area (Å²) in [5.41, 5.74) is 1.39. The first-order valence-corrected chi connectivity index (χ1v) is 9.01. The average Bonchev–Trinajstić information content (AvgIpc) is 3.12. The summed E-state index contributed by atoms with van der Waals surface area (Å²) in [6, 6.07) is 15.1. The summed E-state index contributed by atoms with van der Waals surface area (Å²) in [6.45, 7) is 1.15. The van der Waals surface area contributed by atoms with Gasteiger partial charge < -0.3 is 14.6 Å². The Morgan fingerprint density at radius 2 is 2.00 bits per heavy atom. The third kappa shape index (κ3) is 3.46. The van der Waals surface area contributed by atoms with Crippen molar-refractivity contribution in [2.45, 2.75) is 13.0 Å². The molecule has 2 aromatic carbocycles. The van der Waals surface area contributed by atoms with Crippen molar-refractivity contribution >= 4 is 27.6 Å². The maximum atomic E-state index is 12.3. The molecule has 0 aliphatic carbocycles. The number of benzene rings is 2. The Hall–Kier alpha value is -3.61. The first-order valence-electron chi connectivity index (χ1n) is 9.01. The highest BCUT2D eigenvalue weighted by atomic mass is 16.5. The molecule has 1 amide bonds. The number of carbonyl (C=O) groups excluding carboxylic acids is 1. The molecule has 0 bridgehead atoms. The standard InChI is InChI=1S/C21H20N4O3/c1-28-15-6-7-19-14(12-15)8-10-25(19)11-9-22-20(26)13-18-16-4-2-3-5-17(16)21(27)24-23-18/h2-8,10,12H,9,11,13H2,1H3,(H,22,26)(H,24,27). The molecular weight excluding hydrogens is 356 g/mol. The lowest BCUT2D eigenvalue weighted by Crippen LogP contribution is -2.29. The summed E-state index contributed by atoms with van der Waals surface area (Å²) in [7, 11) is 1.65. The van der Waals surface area contributed by atoms with E-state index in [1.807, 2.05) is 36.5 Å². The summed E-state index contributed by atoms with van der Waals surface area (Å²) in [6.07, 6.45) is 2.11. The number of methoxy groups -OCH3 is 1. The van der Waals surface area contributed by atoms with E-state index < -0.39 is 0 Å². The predicted molar refractivity (Wildman–Crippen MR) is 108 cm³/mol. The van der Waals surface area contributed by atoms with Crippen molar-refractivity contribution in [2.75, 3.05) is 13.7 Å². The molecule has 0 aliphatic heterocycles. The molecule has 2 aromatic heterocycles. The van der Waals surface area contributed by atoms with Crippen LogP contribution in [-0.4, -0.2) is 34.3 Å². The van der Waals surface area contributed by atoms with Crippen LogP contribution in [-0.2, 0) is 17.8 Å². The van der Waals surface area contributed by atoms with Gasteiger partial charge in [-0.2, -0.15) is 5.10 Å². The van der Waals surface area contributed by atoms with Crippen molar-refractivity contribution in [3.8, 4) is 5.75 Å². The van der Waals surface area contributed by atoms with Gasteiger partial charge in [-0.05, 0) is 30.3 Å². The molecular formula is C21H20N4O3. The van der Waals surface area contributed by atoms with Crippen LogP contribution in [0.4, 0.5) is 0 Å². The molecule has 0 fully saturated rings. The van der Waals surface area contributed by atoms with Gasteiger partial charge in [0.25, 0.3) is 5.56 Å². The Bertz CT molecular complexity index is 1210. The van der Waals surface area contributed by atoms with Crippen LogP contribution in [0.1, 0.15) is 5.69 Å². The quantitative estimate of drug-likeness (QED) is 0.540. The molecule has 0 aliphatic rings. The zero-order valence-corrected chi connectivity index (χ0v) is 15.4. The monoisotopic (exact) mass is 376 g/mol. The van der Waals surface area contributed by atoms with Gasteiger partial charge in [0.05, 0.1) is 24.6 Å². The van der Waals surface area contributed by atoms with Gasteiger partial charge in [0, 0.05) is 35.6 Å². The normalized spacial score (nSPS) is 11.0. The smallest absolute Gasteiger partial charge is 0.272 e. The fourth-order valence-corrected chi connectivity index (χ4v) is 3.34. The van der Waals surface area contributed by atoms with Gasteiger partial charge >= 0.3 is 0 Å². The van der Waals surface area contributed by atoms with E-state index in [0.29, 0.717) is 29.6 Å². The van der Waals surface area contributed by atoms with Gasteiger partial charge in [-0.25, -0.2) is 5.10 Å². The first-order chi connectivity index (χ1) is 13.7. The Balaban J connectivity index is 1.41. The summed E-state index contributed by atoms with van der Waals surface area (Å²) in [5.74, 6) is 0.682. The van der Waals surface area contributed by atoms with Gasteiger partial charge in [0.15, 0.2) is 0 Å². The third-order valence-electron chi connectivity index (χ3n) is 4.76. The number of carbonyl (C=O) groups is 1. The van der Waals surface area contributed by atoms with Crippen LogP contribution in [0.15, 0.2) is 59.5 Å². The number of nitrogens with one attached hydrogen (secondary N) is 2. The number of aromatic nitrogens is 3. The highest BCUT2D eigenvalue weighted by molar-refractivity contribution is 5.88. The summed E-state index contributed by atoms with van der Waals surface area (Å²) >= 11 is 0. The largest absolute Gasteiger partial charge is 0.497 e. The van der Waals surface area contributed by atoms with Crippen LogP contribution in [0, 0.1) is 0 Å². The lowest BCUT2D eigenvalue weighted by molar-refractivity contribution is -0.120. The van der Waals surface area contributed by atoms with Crippen molar-refractivity contribution < 1.29 is 9.53 Å². The topological polar surface area (TPSA) is 89.0 Å². The Morgan fingerprint density at radius 1 is 1.18 bits per heavy atom. The molecule has 0 radical (unpaired) electrons. The zero-order valence-electron chi connectivity index (χ0n) is 15.4. The van der Waals surface area contributed by atoms with Crippen molar-refractivity contribution in [2.24, 2.45) is 0 Å². The van der Waals surface area contributed by atoms with Crippen LogP contribution in [0.25, 0.3) is 21.7 Å². The molecule has 28 heavy (non-hydrogen) atoms. The lowest BCUT2D eigenvalue weighted by atomic mass is 10.1. The molecule has 7 heteroatoms. The van der Waals surface area contributed by atoms with Crippen LogP contribution >= 0.6 is 0 Å². The third-order valence-corrected chi connectivity index (χ3v) is 4.76. The van der Waals surface area contributed by atoms with Crippen molar-refractivity contribution in [3.05, 3.63) is 70.8 Å². The Kier molecular flexibility index (Phi) is 4.80. The number of ether oxygens (including phenoxy) is 1.